The van der Waals surface area contributed by atoms with Crippen molar-refractivity contribution in [1.82, 2.24) is 0 Å². The average Bonchev–Trinajstić information content (AvgIpc) is 2.05. The van der Waals surface area contributed by atoms with Gasteiger partial charge in [0.2, 0.25) is 0 Å². The third kappa shape index (κ3) is 1.63. The predicted octanol–water partition coefficient (Wildman–Crippen LogP) is 2.80. The molecule has 0 aromatic heterocycles. The second-order valence-electron chi connectivity index (χ2n) is 2.69. The molecule has 0 aliphatic heterocycles. The Hall–Kier alpha value is -0.720. The zero-order valence-corrected chi connectivity index (χ0v) is 6.38. The van der Waals surface area contributed by atoms with Crippen molar-refractivity contribution in [2.45, 2.75) is 26.2 Å². The van der Waals surface area contributed by atoms with Crippen molar-refractivity contribution in [3.8, 4) is 0 Å². The first-order chi connectivity index (χ1) is 4.84. The molecule has 0 saturated heterocycles. The SMILES string of the molecule is C/C=C(\O)C1CC=CCC1. The fraction of sp³-hybridized carbons (Fsp3) is 0.556. The van der Waals surface area contributed by atoms with Crippen molar-refractivity contribution in [3.63, 3.8) is 0 Å². The van der Waals surface area contributed by atoms with Crippen LogP contribution in [0.15, 0.2) is 24.0 Å². The van der Waals surface area contributed by atoms with E-state index in [1.54, 1.807) is 6.08 Å². The van der Waals surface area contributed by atoms with Gasteiger partial charge in [0, 0.05) is 5.92 Å². The Morgan fingerprint density at radius 3 is 2.90 bits per heavy atom. The summed E-state index contributed by atoms with van der Waals surface area (Å²) in [6, 6.07) is 0. The normalized spacial score (nSPS) is 26.9. The maximum Gasteiger partial charge on any atom is 0.0914 e. The average molecular weight is 138 g/mol. The second kappa shape index (κ2) is 3.45. The molecule has 1 aliphatic rings. The standard InChI is InChI=1S/C9H14O/c1-2-9(10)8-6-4-3-5-7-8/h2-4,8,10H,5-7H2,1H3/b9-2-. The van der Waals surface area contributed by atoms with Gasteiger partial charge in [-0.1, -0.05) is 12.2 Å². The molecule has 1 aliphatic carbocycles. The van der Waals surface area contributed by atoms with Crippen molar-refractivity contribution in [3.05, 3.63) is 24.0 Å². The van der Waals surface area contributed by atoms with Crippen molar-refractivity contribution < 1.29 is 5.11 Å². The van der Waals surface area contributed by atoms with E-state index in [4.69, 9.17) is 0 Å². The highest BCUT2D eigenvalue weighted by atomic mass is 16.3. The van der Waals surface area contributed by atoms with Gasteiger partial charge in [-0.15, -0.1) is 0 Å². The van der Waals surface area contributed by atoms with Crippen LogP contribution in [-0.4, -0.2) is 5.11 Å². The van der Waals surface area contributed by atoms with E-state index in [1.165, 1.54) is 0 Å². The number of allylic oxidation sites excluding steroid dienone is 4. The molecule has 0 radical (unpaired) electrons. The topological polar surface area (TPSA) is 20.2 Å². The molecule has 0 spiro atoms. The molecule has 1 nitrogen and oxygen atoms in total. The van der Waals surface area contributed by atoms with Crippen LogP contribution >= 0.6 is 0 Å². The van der Waals surface area contributed by atoms with E-state index in [-0.39, 0.29) is 0 Å². The minimum Gasteiger partial charge on any atom is -0.512 e. The number of hydrogen-bond acceptors (Lipinski definition) is 1. The quantitative estimate of drug-likeness (QED) is 0.436. The van der Waals surface area contributed by atoms with Crippen molar-refractivity contribution >= 4 is 0 Å². The summed E-state index contributed by atoms with van der Waals surface area (Å²) in [5.41, 5.74) is 0. The third-order valence-electron chi connectivity index (χ3n) is 1.98. The third-order valence-corrected chi connectivity index (χ3v) is 1.98. The highest BCUT2D eigenvalue weighted by molar-refractivity contribution is 5.02. The van der Waals surface area contributed by atoms with Gasteiger partial charge in [-0.25, -0.2) is 0 Å². The van der Waals surface area contributed by atoms with Gasteiger partial charge in [0.1, 0.15) is 0 Å². The second-order valence-corrected chi connectivity index (χ2v) is 2.69. The molecule has 0 aromatic carbocycles. The van der Waals surface area contributed by atoms with Gasteiger partial charge < -0.3 is 5.11 Å². The summed E-state index contributed by atoms with van der Waals surface area (Å²) in [7, 11) is 0. The molecule has 0 aromatic rings. The molecule has 1 atom stereocenters. The summed E-state index contributed by atoms with van der Waals surface area (Å²) in [4.78, 5) is 0. The van der Waals surface area contributed by atoms with Gasteiger partial charge in [0.05, 0.1) is 5.76 Å². The van der Waals surface area contributed by atoms with E-state index >= 15 is 0 Å². The molecule has 0 heterocycles. The molecule has 1 N–H and O–H groups in total. The molecule has 56 valence electrons. The van der Waals surface area contributed by atoms with Crippen molar-refractivity contribution in [2.24, 2.45) is 5.92 Å². The highest BCUT2D eigenvalue weighted by Gasteiger charge is 2.12. The Morgan fingerprint density at radius 1 is 1.60 bits per heavy atom. The van der Waals surface area contributed by atoms with Gasteiger partial charge in [-0.05, 0) is 32.3 Å². The molecule has 1 heteroatoms. The summed E-state index contributed by atoms with van der Waals surface area (Å²) in [6.45, 7) is 1.88. The van der Waals surface area contributed by atoms with E-state index in [2.05, 4.69) is 12.2 Å². The Kier molecular flexibility index (Phi) is 2.55. The van der Waals surface area contributed by atoms with Crippen LogP contribution in [0.4, 0.5) is 0 Å². The molecule has 1 unspecified atom stereocenters. The lowest BCUT2D eigenvalue weighted by Crippen LogP contribution is -2.05. The number of aliphatic hydroxyl groups excluding tert-OH is 1. The van der Waals surface area contributed by atoms with Crippen LogP contribution in [-0.2, 0) is 0 Å². The fourth-order valence-electron chi connectivity index (χ4n) is 1.30. The van der Waals surface area contributed by atoms with E-state index in [9.17, 15) is 5.11 Å². The monoisotopic (exact) mass is 138 g/mol. The van der Waals surface area contributed by atoms with E-state index in [0.29, 0.717) is 11.7 Å². The van der Waals surface area contributed by atoms with Crippen molar-refractivity contribution in [2.75, 3.05) is 0 Å². The van der Waals surface area contributed by atoms with Gasteiger partial charge in [0.25, 0.3) is 0 Å². The first-order valence-corrected chi connectivity index (χ1v) is 3.84. The van der Waals surface area contributed by atoms with Crippen LogP contribution in [0.25, 0.3) is 0 Å². The van der Waals surface area contributed by atoms with Gasteiger partial charge in [-0.3, -0.25) is 0 Å². The summed E-state index contributed by atoms with van der Waals surface area (Å²) < 4.78 is 0. The number of hydrogen-bond donors (Lipinski definition) is 1. The Labute approximate surface area is 62.1 Å². The zero-order chi connectivity index (χ0) is 7.40. The van der Waals surface area contributed by atoms with Crippen LogP contribution < -0.4 is 0 Å². The lowest BCUT2D eigenvalue weighted by Gasteiger charge is -2.16. The maximum absolute atomic E-state index is 9.31. The van der Waals surface area contributed by atoms with Gasteiger partial charge in [-0.2, -0.15) is 0 Å². The Morgan fingerprint density at radius 2 is 2.40 bits per heavy atom. The predicted molar refractivity (Wildman–Crippen MR) is 42.9 cm³/mol. The highest BCUT2D eigenvalue weighted by Crippen LogP contribution is 2.23. The molecule has 0 bridgehead atoms. The van der Waals surface area contributed by atoms with Crippen LogP contribution in [0, 0.1) is 5.92 Å². The molecule has 0 amide bonds. The fourth-order valence-corrected chi connectivity index (χ4v) is 1.30. The summed E-state index contributed by atoms with van der Waals surface area (Å²) in [5, 5.41) is 9.31. The van der Waals surface area contributed by atoms with Crippen LogP contribution in [0.1, 0.15) is 26.2 Å². The van der Waals surface area contributed by atoms with Crippen LogP contribution in [0.5, 0.6) is 0 Å². The first kappa shape index (κ1) is 7.39. The summed E-state index contributed by atoms with van der Waals surface area (Å²) >= 11 is 0. The Bertz CT molecular complexity index is 156. The molecule has 0 fully saturated rings. The van der Waals surface area contributed by atoms with E-state index in [0.717, 1.165) is 19.3 Å². The molecule has 0 saturated carbocycles. The van der Waals surface area contributed by atoms with Crippen LogP contribution in [0.3, 0.4) is 0 Å². The molecule has 10 heavy (non-hydrogen) atoms. The van der Waals surface area contributed by atoms with Crippen LogP contribution in [0.2, 0.25) is 0 Å². The lowest BCUT2D eigenvalue weighted by atomic mass is 9.92. The van der Waals surface area contributed by atoms with E-state index < -0.39 is 0 Å². The molecular weight excluding hydrogens is 124 g/mol. The molecular formula is C9H14O. The van der Waals surface area contributed by atoms with Gasteiger partial charge >= 0.3 is 0 Å². The minimum absolute atomic E-state index is 0.398. The Balaban J connectivity index is 2.49. The minimum atomic E-state index is 0.398. The number of aliphatic hydroxyl groups is 1. The largest absolute Gasteiger partial charge is 0.512 e. The number of rotatable bonds is 1. The first-order valence-electron chi connectivity index (χ1n) is 3.84. The zero-order valence-electron chi connectivity index (χ0n) is 6.38. The maximum atomic E-state index is 9.31. The van der Waals surface area contributed by atoms with Crippen molar-refractivity contribution in [1.29, 1.82) is 0 Å². The summed E-state index contributed by atoms with van der Waals surface area (Å²) in [6.07, 6.45) is 9.35. The molecule has 1 rings (SSSR count). The smallest absolute Gasteiger partial charge is 0.0914 e. The summed E-state index contributed by atoms with van der Waals surface area (Å²) in [5.74, 6) is 0.958. The lowest BCUT2D eigenvalue weighted by molar-refractivity contribution is 0.315. The van der Waals surface area contributed by atoms with Gasteiger partial charge in [0.15, 0.2) is 0 Å². The van der Waals surface area contributed by atoms with E-state index in [1.807, 2.05) is 6.92 Å².